The molecule has 0 aliphatic carbocycles. The standard InChI is InChI=1S/C19H20F3N3O5S/c1-12-7-8-16(25(27)28)10-17(12)24(31(3,29)30)13(2)18(26)23-11-14-5-4-6-15(9-14)19(20,21)22/h4-10,13H,11H2,1-3H3,(H,23,26). The Hall–Kier alpha value is -3.15. The largest absolute Gasteiger partial charge is 0.416 e. The molecule has 12 heteroatoms. The Kier molecular flexibility index (Phi) is 6.94. The van der Waals surface area contributed by atoms with Crippen molar-refractivity contribution in [3.8, 4) is 0 Å². The van der Waals surface area contributed by atoms with Crippen molar-refractivity contribution in [1.29, 1.82) is 0 Å². The first-order chi connectivity index (χ1) is 14.2. The third kappa shape index (κ3) is 5.94. The van der Waals surface area contributed by atoms with E-state index < -0.39 is 38.6 Å². The van der Waals surface area contributed by atoms with E-state index in [1.165, 1.54) is 38.1 Å². The number of carbonyl (C=O) groups is 1. The number of hydrogen-bond acceptors (Lipinski definition) is 5. The van der Waals surface area contributed by atoms with Gasteiger partial charge in [0.25, 0.3) is 5.69 Å². The van der Waals surface area contributed by atoms with Crippen LogP contribution in [-0.2, 0) is 27.5 Å². The Bertz CT molecular complexity index is 1100. The van der Waals surface area contributed by atoms with Gasteiger partial charge in [-0.15, -0.1) is 0 Å². The van der Waals surface area contributed by atoms with Gasteiger partial charge in [0.05, 0.1) is 22.4 Å². The number of benzene rings is 2. The van der Waals surface area contributed by atoms with Gasteiger partial charge in [-0.3, -0.25) is 19.2 Å². The normalized spacial score (nSPS) is 12.8. The lowest BCUT2D eigenvalue weighted by Gasteiger charge is -2.29. The van der Waals surface area contributed by atoms with Crippen molar-refractivity contribution < 1.29 is 31.3 Å². The maximum Gasteiger partial charge on any atom is 0.416 e. The Morgan fingerprint density at radius 2 is 1.87 bits per heavy atom. The van der Waals surface area contributed by atoms with Crippen LogP contribution in [0, 0.1) is 17.0 Å². The molecule has 0 bridgehead atoms. The number of amides is 1. The zero-order valence-corrected chi connectivity index (χ0v) is 17.6. The minimum absolute atomic E-state index is 0.0431. The number of aryl methyl sites for hydroxylation is 1. The molecule has 2 aromatic rings. The van der Waals surface area contributed by atoms with Crippen LogP contribution in [0.25, 0.3) is 0 Å². The summed E-state index contributed by atoms with van der Waals surface area (Å²) in [6, 6.07) is 6.65. The molecular formula is C19H20F3N3O5S. The van der Waals surface area contributed by atoms with E-state index in [9.17, 15) is 36.5 Å². The molecule has 8 nitrogen and oxygen atoms in total. The first-order valence-electron chi connectivity index (χ1n) is 8.90. The van der Waals surface area contributed by atoms with E-state index in [2.05, 4.69) is 5.32 Å². The zero-order chi connectivity index (χ0) is 23.6. The Morgan fingerprint density at radius 1 is 1.23 bits per heavy atom. The van der Waals surface area contributed by atoms with E-state index >= 15 is 0 Å². The average Bonchev–Trinajstić information content (AvgIpc) is 2.66. The molecule has 2 aromatic carbocycles. The van der Waals surface area contributed by atoms with Crippen LogP contribution in [0.2, 0.25) is 0 Å². The first kappa shape index (κ1) is 24.1. The quantitative estimate of drug-likeness (QED) is 0.504. The summed E-state index contributed by atoms with van der Waals surface area (Å²) in [6.45, 7) is 2.55. The maximum absolute atomic E-state index is 12.8. The number of nitro groups is 1. The number of alkyl halides is 3. The molecule has 0 heterocycles. The number of sulfonamides is 1. The van der Waals surface area contributed by atoms with Gasteiger partial charge in [0, 0.05) is 18.7 Å². The molecule has 168 valence electrons. The van der Waals surface area contributed by atoms with Crippen molar-refractivity contribution in [1.82, 2.24) is 5.32 Å². The molecule has 0 saturated carbocycles. The maximum atomic E-state index is 12.8. The molecule has 0 radical (unpaired) electrons. The lowest BCUT2D eigenvalue weighted by atomic mass is 10.1. The van der Waals surface area contributed by atoms with E-state index in [4.69, 9.17) is 0 Å². The SMILES string of the molecule is Cc1ccc([N+](=O)[O-])cc1N(C(C)C(=O)NCc1cccc(C(F)(F)F)c1)S(C)(=O)=O. The highest BCUT2D eigenvalue weighted by atomic mass is 32.2. The summed E-state index contributed by atoms with van der Waals surface area (Å²) < 4.78 is 64.0. The van der Waals surface area contributed by atoms with Gasteiger partial charge >= 0.3 is 6.18 Å². The van der Waals surface area contributed by atoms with E-state index in [1.54, 1.807) is 0 Å². The lowest BCUT2D eigenvalue weighted by Crippen LogP contribution is -2.48. The summed E-state index contributed by atoms with van der Waals surface area (Å²) in [6.07, 6.45) is -3.69. The van der Waals surface area contributed by atoms with Gasteiger partial charge in [0.2, 0.25) is 15.9 Å². The Balaban J connectivity index is 2.29. The fourth-order valence-electron chi connectivity index (χ4n) is 2.92. The number of nitrogens with zero attached hydrogens (tertiary/aromatic N) is 2. The Labute approximate surface area is 176 Å². The fourth-order valence-corrected chi connectivity index (χ4v) is 4.15. The summed E-state index contributed by atoms with van der Waals surface area (Å²) in [7, 11) is -4.04. The molecule has 2 rings (SSSR count). The van der Waals surface area contributed by atoms with Gasteiger partial charge in [-0.25, -0.2) is 8.42 Å². The summed E-state index contributed by atoms with van der Waals surface area (Å²) in [5, 5.41) is 13.5. The predicted octanol–water partition coefficient (Wildman–Crippen LogP) is 3.39. The van der Waals surface area contributed by atoms with Crippen molar-refractivity contribution in [3.05, 3.63) is 69.3 Å². The number of carbonyl (C=O) groups excluding carboxylic acids is 1. The smallest absolute Gasteiger partial charge is 0.350 e. The molecule has 1 N–H and O–H groups in total. The van der Waals surface area contributed by atoms with Gasteiger partial charge in [-0.05, 0) is 37.1 Å². The van der Waals surface area contributed by atoms with Gasteiger partial charge in [-0.1, -0.05) is 18.2 Å². The first-order valence-corrected chi connectivity index (χ1v) is 10.7. The highest BCUT2D eigenvalue weighted by Gasteiger charge is 2.32. The number of anilines is 1. The molecule has 0 spiro atoms. The highest BCUT2D eigenvalue weighted by molar-refractivity contribution is 7.92. The number of nitrogens with one attached hydrogen (secondary N) is 1. The average molecular weight is 459 g/mol. The number of nitro benzene ring substituents is 1. The van der Waals surface area contributed by atoms with E-state index in [0.29, 0.717) is 5.56 Å². The van der Waals surface area contributed by atoms with Gasteiger partial charge < -0.3 is 5.32 Å². The molecule has 0 aliphatic rings. The minimum Gasteiger partial charge on any atom is -0.350 e. The van der Waals surface area contributed by atoms with Gasteiger partial charge in [-0.2, -0.15) is 13.2 Å². The molecule has 0 aromatic heterocycles. The molecule has 1 amide bonds. The van der Waals surface area contributed by atoms with Crippen LogP contribution in [0.1, 0.15) is 23.6 Å². The molecule has 0 aliphatic heterocycles. The van der Waals surface area contributed by atoms with Crippen LogP contribution < -0.4 is 9.62 Å². The van der Waals surface area contributed by atoms with Crippen LogP contribution in [0.4, 0.5) is 24.5 Å². The number of halogens is 3. The van der Waals surface area contributed by atoms with Crippen LogP contribution in [0.15, 0.2) is 42.5 Å². The van der Waals surface area contributed by atoms with Crippen LogP contribution >= 0.6 is 0 Å². The van der Waals surface area contributed by atoms with E-state index in [-0.39, 0.29) is 23.5 Å². The van der Waals surface area contributed by atoms with Crippen LogP contribution in [-0.4, -0.2) is 31.5 Å². The third-order valence-corrected chi connectivity index (χ3v) is 5.68. The monoisotopic (exact) mass is 459 g/mol. The minimum atomic E-state index is -4.54. The predicted molar refractivity (Wildman–Crippen MR) is 108 cm³/mol. The second-order valence-corrected chi connectivity index (χ2v) is 8.74. The second-order valence-electron chi connectivity index (χ2n) is 6.88. The van der Waals surface area contributed by atoms with Crippen LogP contribution in [0.3, 0.4) is 0 Å². The molecule has 1 unspecified atom stereocenters. The third-order valence-electron chi connectivity index (χ3n) is 4.45. The fraction of sp³-hybridized carbons (Fsp3) is 0.316. The summed E-state index contributed by atoms with van der Waals surface area (Å²) in [4.78, 5) is 23.0. The molecule has 0 fully saturated rings. The van der Waals surface area contributed by atoms with Gasteiger partial charge in [0.1, 0.15) is 6.04 Å². The van der Waals surface area contributed by atoms with Crippen molar-refractivity contribution in [2.24, 2.45) is 0 Å². The van der Waals surface area contributed by atoms with Crippen molar-refractivity contribution in [3.63, 3.8) is 0 Å². The second kappa shape index (κ2) is 8.92. The summed E-state index contributed by atoms with van der Waals surface area (Å²) in [5.41, 5.74) is -0.720. The van der Waals surface area contributed by atoms with Crippen molar-refractivity contribution in [2.75, 3.05) is 10.6 Å². The van der Waals surface area contributed by atoms with E-state index in [0.717, 1.165) is 28.8 Å². The van der Waals surface area contributed by atoms with Gasteiger partial charge in [0.15, 0.2) is 0 Å². The molecule has 1 atom stereocenters. The lowest BCUT2D eigenvalue weighted by molar-refractivity contribution is -0.384. The Morgan fingerprint density at radius 3 is 2.42 bits per heavy atom. The molecular weight excluding hydrogens is 439 g/mol. The molecule has 0 saturated heterocycles. The number of hydrogen-bond donors (Lipinski definition) is 1. The number of non-ortho nitro benzene ring substituents is 1. The topological polar surface area (TPSA) is 110 Å². The number of rotatable bonds is 7. The van der Waals surface area contributed by atoms with Crippen LogP contribution in [0.5, 0.6) is 0 Å². The summed E-state index contributed by atoms with van der Waals surface area (Å²) >= 11 is 0. The van der Waals surface area contributed by atoms with E-state index in [1.807, 2.05) is 0 Å². The molecule has 31 heavy (non-hydrogen) atoms. The van der Waals surface area contributed by atoms with Crippen molar-refractivity contribution in [2.45, 2.75) is 32.6 Å². The van der Waals surface area contributed by atoms with Crippen molar-refractivity contribution >= 4 is 27.3 Å². The summed E-state index contributed by atoms with van der Waals surface area (Å²) in [5.74, 6) is -0.784. The highest BCUT2D eigenvalue weighted by Crippen LogP contribution is 2.30. The zero-order valence-electron chi connectivity index (χ0n) is 16.8.